The average molecular weight is 417 g/mol. The molecule has 3 aromatic rings. The number of ether oxygens (including phenoxy) is 1. The Morgan fingerprint density at radius 3 is 2.62 bits per heavy atom. The van der Waals surface area contributed by atoms with Crippen molar-refractivity contribution in [3.63, 3.8) is 0 Å². The van der Waals surface area contributed by atoms with Crippen molar-refractivity contribution in [1.29, 1.82) is 0 Å². The fourth-order valence-corrected chi connectivity index (χ4v) is 2.95. The van der Waals surface area contributed by atoms with E-state index in [0.29, 0.717) is 11.1 Å². The lowest BCUT2D eigenvalue weighted by Crippen LogP contribution is -2.21. The Hall–Kier alpha value is -3.39. The highest BCUT2D eigenvalue weighted by atomic mass is 35.5. The third kappa shape index (κ3) is 4.72. The first-order valence-corrected chi connectivity index (χ1v) is 8.99. The van der Waals surface area contributed by atoms with Gasteiger partial charge in [0, 0.05) is 23.1 Å². The number of nitro groups is 1. The molecule has 0 fully saturated rings. The number of nitrogens with zero attached hydrogens (tertiary/aromatic N) is 1. The molecular formula is C20H17ClN2O6. The van der Waals surface area contributed by atoms with Gasteiger partial charge in [0.05, 0.1) is 28.3 Å². The molecule has 1 aromatic heterocycles. The molecule has 0 saturated heterocycles. The minimum Gasteiger partial charge on any atom is -0.464 e. The van der Waals surface area contributed by atoms with Gasteiger partial charge in [-0.05, 0) is 43.2 Å². The molecule has 29 heavy (non-hydrogen) atoms. The van der Waals surface area contributed by atoms with Crippen molar-refractivity contribution in [3.8, 4) is 0 Å². The fourth-order valence-electron chi connectivity index (χ4n) is 2.73. The van der Waals surface area contributed by atoms with E-state index in [2.05, 4.69) is 5.32 Å². The topological polar surface area (TPSA) is 112 Å². The molecule has 1 amide bonds. The van der Waals surface area contributed by atoms with Gasteiger partial charge in [-0.3, -0.25) is 19.7 Å². The second-order valence-electron chi connectivity index (χ2n) is 6.50. The van der Waals surface area contributed by atoms with Gasteiger partial charge in [-0.25, -0.2) is 0 Å². The van der Waals surface area contributed by atoms with Crippen LogP contribution in [-0.2, 0) is 20.7 Å². The number of anilines is 1. The molecule has 3 rings (SSSR count). The predicted molar refractivity (Wildman–Crippen MR) is 107 cm³/mol. The first-order chi connectivity index (χ1) is 13.7. The highest BCUT2D eigenvalue weighted by molar-refractivity contribution is 6.34. The molecule has 0 unspecified atom stereocenters. The number of carbonyl (C=O) groups is 2. The van der Waals surface area contributed by atoms with Crippen LogP contribution in [0.4, 0.5) is 11.4 Å². The first kappa shape index (κ1) is 20.3. The molecule has 0 radical (unpaired) electrons. The standard InChI is InChI=1S/C20H17ClN2O6/c1-11-5-15-13(9-28-18(15)6-12(11)2)7-20(25)29-10-19(24)22-17-4-3-14(23(26)27)8-16(17)21/h3-6,8-9H,7,10H2,1-2H3,(H,22,24). The van der Waals surface area contributed by atoms with Gasteiger partial charge in [0.1, 0.15) is 5.58 Å². The molecule has 0 atom stereocenters. The highest BCUT2D eigenvalue weighted by Crippen LogP contribution is 2.27. The number of amides is 1. The van der Waals surface area contributed by atoms with Gasteiger partial charge in [-0.15, -0.1) is 0 Å². The number of halogens is 1. The molecular weight excluding hydrogens is 400 g/mol. The maximum absolute atomic E-state index is 12.1. The summed E-state index contributed by atoms with van der Waals surface area (Å²) < 4.78 is 10.5. The van der Waals surface area contributed by atoms with Gasteiger partial charge >= 0.3 is 5.97 Å². The molecule has 150 valence electrons. The van der Waals surface area contributed by atoms with Crippen LogP contribution in [0.3, 0.4) is 0 Å². The van der Waals surface area contributed by atoms with Crippen molar-refractivity contribution >= 4 is 45.8 Å². The number of furan rings is 1. The molecule has 1 heterocycles. The van der Waals surface area contributed by atoms with Gasteiger partial charge in [0.15, 0.2) is 6.61 Å². The van der Waals surface area contributed by atoms with E-state index in [0.717, 1.165) is 22.6 Å². The maximum Gasteiger partial charge on any atom is 0.310 e. The van der Waals surface area contributed by atoms with Crippen LogP contribution < -0.4 is 5.32 Å². The number of rotatable bonds is 6. The second kappa shape index (κ2) is 8.32. The minimum atomic E-state index is -0.613. The zero-order valence-corrected chi connectivity index (χ0v) is 16.4. The lowest BCUT2D eigenvalue weighted by atomic mass is 10.0. The molecule has 0 saturated carbocycles. The van der Waals surface area contributed by atoms with E-state index in [1.54, 1.807) is 0 Å². The molecule has 8 nitrogen and oxygen atoms in total. The Morgan fingerprint density at radius 1 is 1.21 bits per heavy atom. The number of aryl methyl sites for hydroxylation is 2. The number of esters is 1. The second-order valence-corrected chi connectivity index (χ2v) is 6.91. The Labute approximate surface area is 170 Å². The summed E-state index contributed by atoms with van der Waals surface area (Å²) >= 11 is 5.92. The van der Waals surface area contributed by atoms with Crippen molar-refractivity contribution in [2.24, 2.45) is 0 Å². The van der Waals surface area contributed by atoms with Crippen molar-refractivity contribution in [1.82, 2.24) is 0 Å². The van der Waals surface area contributed by atoms with E-state index >= 15 is 0 Å². The van der Waals surface area contributed by atoms with Gasteiger partial charge in [0.25, 0.3) is 11.6 Å². The molecule has 0 aliphatic carbocycles. The molecule has 0 bridgehead atoms. The first-order valence-electron chi connectivity index (χ1n) is 8.61. The number of non-ortho nitro benzene ring substituents is 1. The van der Waals surface area contributed by atoms with Gasteiger partial charge in [-0.1, -0.05) is 11.6 Å². The molecule has 0 aliphatic rings. The van der Waals surface area contributed by atoms with Crippen molar-refractivity contribution < 1.29 is 23.7 Å². The Morgan fingerprint density at radius 2 is 1.93 bits per heavy atom. The zero-order valence-electron chi connectivity index (χ0n) is 15.7. The smallest absolute Gasteiger partial charge is 0.310 e. The van der Waals surface area contributed by atoms with Crippen LogP contribution in [0.25, 0.3) is 11.0 Å². The summed E-state index contributed by atoms with van der Waals surface area (Å²) in [5.74, 6) is -1.20. The van der Waals surface area contributed by atoms with Crippen LogP contribution in [-0.4, -0.2) is 23.4 Å². The number of carbonyl (C=O) groups excluding carboxylic acids is 2. The number of benzene rings is 2. The van der Waals surface area contributed by atoms with Crippen molar-refractivity contribution in [2.75, 3.05) is 11.9 Å². The number of nitro benzene ring substituents is 1. The third-order valence-corrected chi connectivity index (χ3v) is 4.72. The quantitative estimate of drug-likeness (QED) is 0.363. The molecule has 0 spiro atoms. The molecule has 2 aromatic carbocycles. The summed E-state index contributed by atoms with van der Waals surface area (Å²) in [6, 6.07) is 7.49. The van der Waals surface area contributed by atoms with E-state index in [9.17, 15) is 19.7 Å². The number of hydrogen-bond donors (Lipinski definition) is 1. The third-order valence-electron chi connectivity index (χ3n) is 4.41. The summed E-state index contributed by atoms with van der Waals surface area (Å²) in [5.41, 5.74) is 3.51. The van der Waals surface area contributed by atoms with Gasteiger partial charge in [0.2, 0.25) is 0 Å². The van der Waals surface area contributed by atoms with E-state index in [4.69, 9.17) is 20.8 Å². The summed E-state index contributed by atoms with van der Waals surface area (Å²) in [6.07, 6.45) is 1.46. The maximum atomic E-state index is 12.1. The zero-order chi connectivity index (χ0) is 21.1. The summed E-state index contributed by atoms with van der Waals surface area (Å²) in [6.45, 7) is 3.43. The fraction of sp³-hybridized carbons (Fsp3) is 0.200. The van der Waals surface area contributed by atoms with E-state index < -0.39 is 23.4 Å². The van der Waals surface area contributed by atoms with E-state index in [1.807, 2.05) is 26.0 Å². The van der Waals surface area contributed by atoms with Crippen LogP contribution in [0.2, 0.25) is 5.02 Å². The highest BCUT2D eigenvalue weighted by Gasteiger charge is 2.15. The van der Waals surface area contributed by atoms with Crippen molar-refractivity contribution in [3.05, 3.63) is 68.4 Å². The summed E-state index contributed by atoms with van der Waals surface area (Å²) in [7, 11) is 0. The Bertz CT molecular complexity index is 1120. The SMILES string of the molecule is Cc1cc2occ(CC(=O)OCC(=O)Nc3ccc([N+](=O)[O-])cc3Cl)c2cc1C. The van der Waals surface area contributed by atoms with Gasteiger partial charge < -0.3 is 14.5 Å². The molecule has 9 heteroatoms. The van der Waals surface area contributed by atoms with E-state index in [1.165, 1.54) is 18.4 Å². The minimum absolute atomic E-state index is 0.00871. The van der Waals surface area contributed by atoms with E-state index in [-0.39, 0.29) is 22.8 Å². The average Bonchev–Trinajstić information content (AvgIpc) is 3.03. The number of hydrogen-bond acceptors (Lipinski definition) is 6. The Kier molecular flexibility index (Phi) is 5.84. The monoisotopic (exact) mass is 416 g/mol. The van der Waals surface area contributed by atoms with Crippen LogP contribution in [0.15, 0.2) is 41.0 Å². The lowest BCUT2D eigenvalue weighted by molar-refractivity contribution is -0.384. The Balaban J connectivity index is 1.58. The summed E-state index contributed by atoms with van der Waals surface area (Å²) in [4.78, 5) is 34.2. The van der Waals surface area contributed by atoms with Crippen molar-refractivity contribution in [2.45, 2.75) is 20.3 Å². The van der Waals surface area contributed by atoms with Crippen LogP contribution in [0.1, 0.15) is 16.7 Å². The normalized spacial score (nSPS) is 10.7. The molecule has 1 N–H and O–H groups in total. The lowest BCUT2D eigenvalue weighted by Gasteiger charge is -2.08. The molecule has 0 aliphatic heterocycles. The van der Waals surface area contributed by atoms with Crippen LogP contribution in [0.5, 0.6) is 0 Å². The van der Waals surface area contributed by atoms with Gasteiger partial charge in [-0.2, -0.15) is 0 Å². The predicted octanol–water partition coefficient (Wildman–Crippen LogP) is 4.34. The van der Waals surface area contributed by atoms with Crippen LogP contribution in [0, 0.1) is 24.0 Å². The summed E-state index contributed by atoms with van der Waals surface area (Å²) in [5, 5.41) is 14.0. The van der Waals surface area contributed by atoms with Crippen LogP contribution >= 0.6 is 11.6 Å². The number of nitrogens with one attached hydrogen (secondary N) is 1. The number of fused-ring (bicyclic) bond motifs is 1. The largest absolute Gasteiger partial charge is 0.464 e.